The second-order valence-corrected chi connectivity index (χ2v) is 11.6. The van der Waals surface area contributed by atoms with Crippen molar-refractivity contribution >= 4 is 29.0 Å². The summed E-state index contributed by atoms with van der Waals surface area (Å²) in [5, 5.41) is 48.7. The number of Topliss-reactive ketones (excluding diaryl/α,β-unsaturated/α-hetero) is 3. The number of ketones is 3. The maximum atomic E-state index is 14.0. The molecule has 1 saturated carbocycles. The van der Waals surface area contributed by atoms with E-state index in [9.17, 15) is 39.6 Å². The Bertz CT molecular complexity index is 1820. The highest BCUT2D eigenvalue weighted by molar-refractivity contribution is 6.24. The molecule has 3 aliphatic carbocycles. The number of phenols is 1. The molecule has 0 aliphatic heterocycles. The highest BCUT2D eigenvalue weighted by Gasteiger charge is 2.64. The van der Waals surface area contributed by atoms with E-state index in [1.165, 1.54) is 23.2 Å². The van der Waals surface area contributed by atoms with Gasteiger partial charge in [-0.2, -0.15) is 0 Å². The molecular weight excluding hydrogens is 570 g/mol. The van der Waals surface area contributed by atoms with Crippen molar-refractivity contribution < 1.29 is 44.1 Å². The van der Waals surface area contributed by atoms with Crippen LogP contribution in [0.2, 0.25) is 0 Å². The normalized spacial score (nSPS) is 24.7. The first-order valence-corrected chi connectivity index (χ1v) is 13.9. The minimum Gasteiger partial charge on any atom is -0.508 e. The van der Waals surface area contributed by atoms with E-state index in [-0.39, 0.29) is 47.7 Å². The number of nitrogens with zero attached hydrogens (tertiary/aromatic N) is 2. The fourth-order valence-corrected chi connectivity index (χ4v) is 7.00. The van der Waals surface area contributed by atoms with Crippen molar-refractivity contribution in [2.45, 2.75) is 30.9 Å². The number of rotatable bonds is 6. The van der Waals surface area contributed by atoms with Crippen LogP contribution in [0.4, 0.5) is 0 Å². The minimum absolute atomic E-state index is 0.0121. The Balaban J connectivity index is 1.46. The Morgan fingerprint density at radius 3 is 2.52 bits per heavy atom. The molecule has 4 atom stereocenters. The summed E-state index contributed by atoms with van der Waals surface area (Å²) in [7, 11) is 3.09. The summed E-state index contributed by atoms with van der Waals surface area (Å²) in [5.74, 6) is -7.22. The first kappa shape index (κ1) is 29.0. The number of aromatic nitrogens is 1. The van der Waals surface area contributed by atoms with Crippen molar-refractivity contribution in [3.63, 3.8) is 0 Å². The largest absolute Gasteiger partial charge is 0.508 e. The van der Waals surface area contributed by atoms with E-state index in [1.807, 2.05) is 6.07 Å². The maximum Gasteiger partial charge on any atom is 0.255 e. The lowest BCUT2D eigenvalue weighted by Gasteiger charge is -2.50. The lowest BCUT2D eigenvalue weighted by molar-refractivity contribution is -0.153. The van der Waals surface area contributed by atoms with Crippen LogP contribution >= 0.6 is 0 Å². The van der Waals surface area contributed by atoms with Crippen LogP contribution in [0.5, 0.6) is 5.75 Å². The number of hydrogen-bond donors (Lipinski definition) is 5. The number of aliphatic hydroxyl groups is 3. The van der Waals surface area contributed by atoms with Gasteiger partial charge in [0.05, 0.1) is 17.8 Å². The van der Waals surface area contributed by atoms with E-state index >= 15 is 0 Å². The van der Waals surface area contributed by atoms with Gasteiger partial charge in [-0.25, -0.2) is 0 Å². The second kappa shape index (κ2) is 10.3. The van der Waals surface area contributed by atoms with Gasteiger partial charge >= 0.3 is 0 Å². The number of hydrogen-bond acceptors (Lipinski definition) is 11. The number of phenolic OH excluding ortho intramolecular Hbond substituents is 1. The molecule has 3 aromatic rings. The van der Waals surface area contributed by atoms with E-state index in [0.29, 0.717) is 22.3 Å². The standard InChI is InChI=1S/C32H29N3O9/c1-35(2)26-19-13-16-12-18-17(15-5-3-4-14(10-15)11-21(37)22-8-9-34-44-22)6-7-20(36)24(18)27(38)23(16)29(40)32(19,43)30(41)25(28(26)39)31(33)42/h3-10,16,19,26,36,38,41,43H,11-13H2,1-2H3,(H2,33,42)/t16-,19+,26+,32+/m0/s1. The summed E-state index contributed by atoms with van der Waals surface area (Å²) in [6.07, 6.45) is 1.54. The smallest absolute Gasteiger partial charge is 0.255 e. The number of benzene rings is 2. The van der Waals surface area contributed by atoms with Gasteiger partial charge in [-0.1, -0.05) is 35.5 Å². The first-order valence-electron chi connectivity index (χ1n) is 13.9. The van der Waals surface area contributed by atoms with Gasteiger partial charge < -0.3 is 30.7 Å². The average molecular weight is 600 g/mol. The number of amides is 1. The number of aromatic hydroxyl groups is 1. The minimum atomic E-state index is -2.71. The molecule has 0 spiro atoms. The van der Waals surface area contributed by atoms with Crippen molar-refractivity contribution in [1.29, 1.82) is 0 Å². The van der Waals surface area contributed by atoms with Crippen LogP contribution in [0, 0.1) is 11.8 Å². The molecule has 12 heteroatoms. The predicted octanol–water partition coefficient (Wildman–Crippen LogP) is 2.04. The van der Waals surface area contributed by atoms with Crippen LogP contribution in [0.3, 0.4) is 0 Å². The molecule has 1 aromatic heterocycles. The monoisotopic (exact) mass is 599 g/mol. The van der Waals surface area contributed by atoms with E-state index in [1.54, 1.807) is 38.4 Å². The number of likely N-dealkylation sites (N-methyl/N-ethyl adjacent to an activating group) is 1. The average Bonchev–Trinajstić information content (AvgIpc) is 3.50. The third-order valence-corrected chi connectivity index (χ3v) is 8.92. The summed E-state index contributed by atoms with van der Waals surface area (Å²) in [4.78, 5) is 53.6. The van der Waals surface area contributed by atoms with E-state index in [4.69, 9.17) is 10.3 Å². The number of carbonyl (C=O) groups excluding carboxylic acids is 4. The predicted molar refractivity (Wildman–Crippen MR) is 154 cm³/mol. The highest BCUT2D eigenvalue weighted by Crippen LogP contribution is 2.53. The fraction of sp³-hybridized carbons (Fsp3) is 0.281. The molecule has 6 N–H and O–H groups in total. The van der Waals surface area contributed by atoms with Gasteiger partial charge in [-0.05, 0) is 61.2 Å². The van der Waals surface area contributed by atoms with E-state index in [2.05, 4.69) is 5.16 Å². The Labute approximate surface area is 250 Å². The van der Waals surface area contributed by atoms with Crippen molar-refractivity contribution in [3.05, 3.63) is 88.0 Å². The van der Waals surface area contributed by atoms with Gasteiger partial charge in [0.15, 0.2) is 11.4 Å². The van der Waals surface area contributed by atoms with Gasteiger partial charge in [0, 0.05) is 24.0 Å². The van der Waals surface area contributed by atoms with Crippen LogP contribution in [0.25, 0.3) is 16.9 Å². The summed E-state index contributed by atoms with van der Waals surface area (Å²) < 4.78 is 4.97. The molecule has 0 saturated heterocycles. The molecule has 6 rings (SSSR count). The van der Waals surface area contributed by atoms with Crippen LogP contribution in [0.15, 0.2) is 70.1 Å². The summed E-state index contributed by atoms with van der Waals surface area (Å²) >= 11 is 0. The Kier molecular flexibility index (Phi) is 6.78. The zero-order valence-corrected chi connectivity index (χ0v) is 23.8. The molecule has 1 amide bonds. The Hall–Kier alpha value is -5.07. The molecule has 0 bridgehead atoms. The lowest BCUT2D eigenvalue weighted by Crippen LogP contribution is -2.65. The Morgan fingerprint density at radius 2 is 1.86 bits per heavy atom. The molecule has 226 valence electrons. The third-order valence-electron chi connectivity index (χ3n) is 8.92. The Morgan fingerprint density at radius 1 is 1.11 bits per heavy atom. The molecule has 2 aromatic carbocycles. The van der Waals surface area contributed by atoms with Crippen molar-refractivity contribution in [2.24, 2.45) is 17.6 Å². The number of nitrogens with two attached hydrogens (primary N) is 1. The van der Waals surface area contributed by atoms with Gasteiger partial charge in [0.2, 0.25) is 17.3 Å². The van der Waals surface area contributed by atoms with Gasteiger partial charge in [0.25, 0.3) is 5.91 Å². The molecule has 1 fully saturated rings. The van der Waals surface area contributed by atoms with Crippen LogP contribution < -0.4 is 5.73 Å². The van der Waals surface area contributed by atoms with Gasteiger partial charge in [-0.15, -0.1) is 0 Å². The topological polar surface area (TPSA) is 204 Å². The molecule has 0 radical (unpaired) electrons. The molecule has 44 heavy (non-hydrogen) atoms. The van der Waals surface area contributed by atoms with Crippen LogP contribution in [-0.2, 0) is 27.2 Å². The van der Waals surface area contributed by atoms with Crippen molar-refractivity contribution in [2.75, 3.05) is 14.1 Å². The van der Waals surface area contributed by atoms with E-state index in [0.717, 1.165) is 0 Å². The number of primary amides is 1. The zero-order valence-electron chi connectivity index (χ0n) is 23.8. The van der Waals surface area contributed by atoms with E-state index < -0.39 is 58.0 Å². The first-order chi connectivity index (χ1) is 20.9. The van der Waals surface area contributed by atoms with Gasteiger partial charge in [0.1, 0.15) is 22.8 Å². The SMILES string of the molecule is CN(C)[C@H]1C(=O)C(C(N)=O)=C(O)[C@]2(O)C(=O)C3=C(O)c4c(O)ccc(-c5cccc(CC(=O)c6ccno6)c5)c4C[C@H]3C[C@H]12. The summed E-state index contributed by atoms with van der Waals surface area (Å²) in [6.45, 7) is 0. The van der Waals surface area contributed by atoms with Crippen molar-refractivity contribution in [3.8, 4) is 16.9 Å². The molecule has 1 heterocycles. The lowest BCUT2D eigenvalue weighted by atomic mass is 9.57. The second-order valence-electron chi connectivity index (χ2n) is 11.6. The molecular formula is C32H29N3O9. The zero-order chi connectivity index (χ0) is 31.7. The quantitative estimate of drug-likeness (QED) is 0.205. The number of fused-ring (bicyclic) bond motifs is 3. The molecule has 3 aliphatic rings. The molecule has 12 nitrogen and oxygen atoms in total. The van der Waals surface area contributed by atoms with Crippen LogP contribution in [-0.4, -0.2) is 79.5 Å². The van der Waals surface area contributed by atoms with Crippen molar-refractivity contribution in [1.82, 2.24) is 10.1 Å². The maximum absolute atomic E-state index is 14.0. The number of aliphatic hydroxyl groups excluding tert-OH is 2. The summed E-state index contributed by atoms with van der Waals surface area (Å²) in [5.41, 5.74) is 4.09. The third kappa shape index (κ3) is 4.17. The fourth-order valence-electron chi connectivity index (χ4n) is 7.00. The van der Waals surface area contributed by atoms with Crippen LogP contribution in [0.1, 0.15) is 33.7 Å². The molecule has 0 unspecified atom stereocenters. The number of carbonyl (C=O) groups is 4. The van der Waals surface area contributed by atoms with Gasteiger partial charge in [-0.3, -0.25) is 24.1 Å². The summed E-state index contributed by atoms with van der Waals surface area (Å²) in [6, 6.07) is 10.5. The highest BCUT2D eigenvalue weighted by atomic mass is 16.5.